The van der Waals surface area contributed by atoms with Gasteiger partial charge in [0.25, 0.3) is 0 Å². The fourth-order valence-corrected chi connectivity index (χ4v) is 1.69. The fourth-order valence-electron chi connectivity index (χ4n) is 1.69. The molecule has 0 saturated carbocycles. The lowest BCUT2D eigenvalue weighted by Crippen LogP contribution is -2.04. The summed E-state index contributed by atoms with van der Waals surface area (Å²) in [4.78, 5) is 14.5. The Labute approximate surface area is 70.1 Å². The molecular formula is C9H9NO2. The number of fused-ring (bicyclic) bond motifs is 1. The van der Waals surface area contributed by atoms with Gasteiger partial charge in [0.2, 0.25) is 0 Å². The minimum atomic E-state index is -0.909. The van der Waals surface area contributed by atoms with Crippen molar-refractivity contribution >= 4 is 5.97 Å². The first-order valence-corrected chi connectivity index (χ1v) is 3.99. The van der Waals surface area contributed by atoms with Crippen LogP contribution in [0, 0.1) is 0 Å². The predicted octanol–water partition coefficient (Wildman–Crippen LogP) is 1.27. The van der Waals surface area contributed by atoms with E-state index in [0.717, 1.165) is 30.4 Å². The number of aryl methyl sites for hydroxylation is 1. The minimum absolute atomic E-state index is 0.241. The average Bonchev–Trinajstić information content (AvgIpc) is 2.49. The van der Waals surface area contributed by atoms with E-state index in [1.807, 2.05) is 6.07 Å². The highest BCUT2D eigenvalue weighted by molar-refractivity contribution is 5.87. The number of nitrogens with zero attached hydrogens (tertiary/aromatic N) is 1. The van der Waals surface area contributed by atoms with Crippen LogP contribution in [0.2, 0.25) is 0 Å². The molecule has 1 aromatic rings. The van der Waals surface area contributed by atoms with Crippen LogP contribution in [0.5, 0.6) is 0 Å². The molecule has 0 bridgehead atoms. The zero-order valence-corrected chi connectivity index (χ0v) is 6.58. The molecule has 3 nitrogen and oxygen atoms in total. The number of rotatable bonds is 1. The van der Waals surface area contributed by atoms with Crippen molar-refractivity contribution in [3.05, 3.63) is 29.1 Å². The largest absolute Gasteiger partial charge is 0.477 e. The van der Waals surface area contributed by atoms with Crippen molar-refractivity contribution in [1.29, 1.82) is 0 Å². The summed E-state index contributed by atoms with van der Waals surface area (Å²) < 4.78 is 0. The Hall–Kier alpha value is -1.38. The maximum Gasteiger partial charge on any atom is 0.354 e. The summed E-state index contributed by atoms with van der Waals surface area (Å²) in [5.74, 6) is -0.909. The van der Waals surface area contributed by atoms with Crippen LogP contribution in [0.3, 0.4) is 0 Å². The van der Waals surface area contributed by atoms with Gasteiger partial charge in [-0.1, -0.05) is 0 Å². The maximum atomic E-state index is 10.7. The molecule has 0 spiro atoms. The van der Waals surface area contributed by atoms with Crippen molar-refractivity contribution < 1.29 is 9.90 Å². The summed E-state index contributed by atoms with van der Waals surface area (Å²) in [5.41, 5.74) is 2.33. The van der Waals surface area contributed by atoms with E-state index in [9.17, 15) is 4.79 Å². The molecule has 1 heterocycles. The second-order valence-electron chi connectivity index (χ2n) is 2.96. The van der Waals surface area contributed by atoms with Crippen molar-refractivity contribution in [2.75, 3.05) is 0 Å². The zero-order valence-electron chi connectivity index (χ0n) is 6.58. The van der Waals surface area contributed by atoms with Gasteiger partial charge in [-0.15, -0.1) is 0 Å². The molecule has 1 aliphatic carbocycles. The van der Waals surface area contributed by atoms with Crippen molar-refractivity contribution in [3.63, 3.8) is 0 Å². The maximum absolute atomic E-state index is 10.7. The first kappa shape index (κ1) is 7.28. The van der Waals surface area contributed by atoms with Crippen LogP contribution in [0.4, 0.5) is 0 Å². The lowest BCUT2D eigenvalue weighted by Gasteiger charge is -2.00. The van der Waals surface area contributed by atoms with E-state index in [0.29, 0.717) is 0 Å². The molecule has 0 fully saturated rings. The number of aromatic carboxylic acids is 1. The second kappa shape index (κ2) is 2.59. The van der Waals surface area contributed by atoms with Crippen molar-refractivity contribution in [2.45, 2.75) is 19.3 Å². The molecule has 0 saturated heterocycles. The number of pyridine rings is 1. The summed E-state index contributed by atoms with van der Waals surface area (Å²) in [6, 6.07) is 1.91. The summed E-state index contributed by atoms with van der Waals surface area (Å²) >= 11 is 0. The Balaban J connectivity index is 2.56. The molecule has 62 valence electrons. The van der Waals surface area contributed by atoms with Gasteiger partial charge in [-0.3, -0.25) is 0 Å². The highest BCUT2D eigenvalue weighted by Gasteiger charge is 2.18. The van der Waals surface area contributed by atoms with Crippen LogP contribution >= 0.6 is 0 Å². The van der Waals surface area contributed by atoms with Gasteiger partial charge >= 0.3 is 5.97 Å². The SMILES string of the molecule is O=C(O)c1nccc2c1CCC2. The highest BCUT2D eigenvalue weighted by Crippen LogP contribution is 2.23. The van der Waals surface area contributed by atoms with Crippen LogP contribution in [-0.2, 0) is 12.8 Å². The van der Waals surface area contributed by atoms with E-state index < -0.39 is 5.97 Å². The first-order valence-electron chi connectivity index (χ1n) is 3.99. The molecule has 0 unspecified atom stereocenters. The molecule has 0 aliphatic heterocycles. The van der Waals surface area contributed by atoms with Gasteiger partial charge in [0.1, 0.15) is 0 Å². The van der Waals surface area contributed by atoms with Gasteiger partial charge in [0.15, 0.2) is 5.69 Å². The lowest BCUT2D eigenvalue weighted by atomic mass is 10.1. The van der Waals surface area contributed by atoms with Gasteiger partial charge in [0, 0.05) is 6.20 Å². The highest BCUT2D eigenvalue weighted by atomic mass is 16.4. The topological polar surface area (TPSA) is 50.2 Å². The number of carboxylic acids is 1. The zero-order chi connectivity index (χ0) is 8.55. The van der Waals surface area contributed by atoms with Crippen LogP contribution in [0.1, 0.15) is 28.0 Å². The molecule has 3 heteroatoms. The normalized spacial score (nSPS) is 14.3. The lowest BCUT2D eigenvalue weighted by molar-refractivity contribution is 0.0689. The first-order chi connectivity index (χ1) is 5.79. The van der Waals surface area contributed by atoms with Crippen molar-refractivity contribution in [2.24, 2.45) is 0 Å². The molecule has 0 radical (unpaired) electrons. The molecule has 1 N–H and O–H groups in total. The van der Waals surface area contributed by atoms with Crippen LogP contribution in [0.25, 0.3) is 0 Å². The molecule has 1 aliphatic rings. The van der Waals surface area contributed by atoms with E-state index in [2.05, 4.69) is 4.98 Å². The fraction of sp³-hybridized carbons (Fsp3) is 0.333. The average molecular weight is 163 g/mol. The second-order valence-corrected chi connectivity index (χ2v) is 2.96. The van der Waals surface area contributed by atoms with E-state index in [4.69, 9.17) is 5.11 Å². The Bertz CT molecular complexity index is 333. The van der Waals surface area contributed by atoms with Gasteiger partial charge in [-0.25, -0.2) is 9.78 Å². The Morgan fingerprint density at radius 1 is 1.50 bits per heavy atom. The number of carbonyl (C=O) groups is 1. The smallest absolute Gasteiger partial charge is 0.354 e. The molecule has 2 rings (SSSR count). The number of hydrogen-bond acceptors (Lipinski definition) is 2. The number of hydrogen-bond donors (Lipinski definition) is 1. The summed E-state index contributed by atoms with van der Waals surface area (Å²) in [6.45, 7) is 0. The van der Waals surface area contributed by atoms with Gasteiger partial charge < -0.3 is 5.11 Å². The summed E-state index contributed by atoms with van der Waals surface area (Å²) in [6.07, 6.45) is 4.50. The Morgan fingerprint density at radius 2 is 2.33 bits per heavy atom. The predicted molar refractivity (Wildman–Crippen MR) is 43.2 cm³/mol. The third-order valence-corrected chi connectivity index (χ3v) is 2.23. The van der Waals surface area contributed by atoms with Gasteiger partial charge in [-0.05, 0) is 36.5 Å². The standard InChI is InChI=1S/C9H9NO2/c11-9(12)8-7-3-1-2-6(7)4-5-10-8/h4-5H,1-3H2,(H,11,12). The summed E-state index contributed by atoms with van der Waals surface area (Å²) in [5, 5.41) is 8.79. The third kappa shape index (κ3) is 0.978. The monoisotopic (exact) mass is 163 g/mol. The van der Waals surface area contributed by atoms with Gasteiger partial charge in [-0.2, -0.15) is 0 Å². The van der Waals surface area contributed by atoms with E-state index >= 15 is 0 Å². The van der Waals surface area contributed by atoms with Crippen molar-refractivity contribution in [3.8, 4) is 0 Å². The van der Waals surface area contributed by atoms with Crippen LogP contribution in [-0.4, -0.2) is 16.1 Å². The third-order valence-electron chi connectivity index (χ3n) is 2.23. The van der Waals surface area contributed by atoms with E-state index in [1.165, 1.54) is 0 Å². The van der Waals surface area contributed by atoms with Crippen LogP contribution in [0.15, 0.2) is 12.3 Å². The Kier molecular flexibility index (Phi) is 1.57. The Morgan fingerprint density at radius 3 is 3.08 bits per heavy atom. The minimum Gasteiger partial charge on any atom is -0.477 e. The molecule has 12 heavy (non-hydrogen) atoms. The summed E-state index contributed by atoms with van der Waals surface area (Å²) in [7, 11) is 0. The van der Waals surface area contributed by atoms with E-state index in [1.54, 1.807) is 6.20 Å². The number of carboxylic acid groups (broad SMARTS) is 1. The molecule has 0 atom stereocenters. The van der Waals surface area contributed by atoms with Crippen molar-refractivity contribution in [1.82, 2.24) is 4.98 Å². The molecule has 0 aromatic carbocycles. The molecule has 0 amide bonds. The molecular weight excluding hydrogens is 154 g/mol. The van der Waals surface area contributed by atoms with E-state index in [-0.39, 0.29) is 5.69 Å². The quantitative estimate of drug-likeness (QED) is 0.678. The molecule has 1 aromatic heterocycles. The van der Waals surface area contributed by atoms with Gasteiger partial charge in [0.05, 0.1) is 0 Å². The van der Waals surface area contributed by atoms with Crippen LogP contribution < -0.4 is 0 Å². The number of aromatic nitrogens is 1.